The van der Waals surface area contributed by atoms with E-state index in [9.17, 15) is 4.79 Å². The van der Waals surface area contributed by atoms with Crippen LogP contribution in [0.3, 0.4) is 0 Å². The predicted molar refractivity (Wildman–Crippen MR) is 121 cm³/mol. The molecule has 0 saturated heterocycles. The molecule has 5 heteroatoms. The Morgan fingerprint density at radius 3 is 2.73 bits per heavy atom. The Hall–Kier alpha value is -2.89. The van der Waals surface area contributed by atoms with Crippen molar-refractivity contribution in [3.05, 3.63) is 75.6 Å². The van der Waals surface area contributed by atoms with Crippen LogP contribution in [0.5, 0.6) is 5.75 Å². The summed E-state index contributed by atoms with van der Waals surface area (Å²) in [5.74, 6) is 0.776. The fraction of sp³-hybridized carbons (Fsp3) is 0.240. The summed E-state index contributed by atoms with van der Waals surface area (Å²) in [6, 6.07) is 14.1. The summed E-state index contributed by atoms with van der Waals surface area (Å²) in [6.07, 6.45) is 0.581. The van der Waals surface area contributed by atoms with Crippen molar-refractivity contribution in [1.29, 1.82) is 0 Å². The first-order valence-electron chi connectivity index (χ1n) is 10.1. The third-order valence-electron chi connectivity index (χ3n) is 5.99. The molecule has 4 nitrogen and oxygen atoms in total. The molecule has 0 radical (unpaired) electrons. The van der Waals surface area contributed by atoms with Gasteiger partial charge in [0.1, 0.15) is 5.75 Å². The fourth-order valence-corrected chi connectivity index (χ4v) is 5.03. The number of benzene rings is 2. The van der Waals surface area contributed by atoms with Gasteiger partial charge in [0.25, 0.3) is 0 Å². The Kier molecular flexibility index (Phi) is 4.53. The molecule has 2 N–H and O–H groups in total. The van der Waals surface area contributed by atoms with Gasteiger partial charge < -0.3 is 14.8 Å². The Morgan fingerprint density at radius 1 is 1.10 bits per heavy atom. The minimum atomic E-state index is -0.365. The van der Waals surface area contributed by atoms with Gasteiger partial charge in [-0.3, -0.25) is 4.79 Å². The average Bonchev–Trinajstić information content (AvgIpc) is 3.40. The summed E-state index contributed by atoms with van der Waals surface area (Å²) in [7, 11) is 0. The molecule has 0 atom stereocenters. The lowest BCUT2D eigenvalue weighted by Crippen LogP contribution is -2.30. The number of aliphatic hydroxyl groups excluding tert-OH is 1. The van der Waals surface area contributed by atoms with Crippen LogP contribution in [0.2, 0.25) is 0 Å². The third-order valence-corrected chi connectivity index (χ3v) is 6.67. The number of fused-ring (bicyclic) bond motifs is 4. The van der Waals surface area contributed by atoms with E-state index in [4.69, 9.17) is 9.84 Å². The van der Waals surface area contributed by atoms with E-state index in [-0.39, 0.29) is 17.8 Å². The number of hydrogen-bond acceptors (Lipinski definition) is 4. The number of carbonyl (C=O) groups excluding carboxylic acids is 1. The highest BCUT2D eigenvalue weighted by Gasteiger charge is 2.39. The number of nitrogens with one attached hydrogen (secondary N) is 1. The Bertz CT molecular complexity index is 1250. The lowest BCUT2D eigenvalue weighted by molar-refractivity contribution is 0.103. The zero-order valence-electron chi connectivity index (χ0n) is 17.0. The van der Waals surface area contributed by atoms with Crippen molar-refractivity contribution in [2.75, 3.05) is 13.2 Å². The minimum absolute atomic E-state index is 0.0516. The van der Waals surface area contributed by atoms with E-state index in [1.165, 1.54) is 5.56 Å². The van der Waals surface area contributed by atoms with Crippen molar-refractivity contribution in [2.24, 2.45) is 0 Å². The second kappa shape index (κ2) is 7.11. The SMILES string of the molecule is CC1(C)c2cc(OCCCO)ccc2C(=O)c2c1[nH]c1cc(-c3ccsc3)ccc21. The number of hydrogen-bond donors (Lipinski definition) is 2. The number of ether oxygens (including phenoxy) is 1. The molecule has 0 spiro atoms. The molecule has 30 heavy (non-hydrogen) atoms. The molecule has 1 aliphatic rings. The first-order chi connectivity index (χ1) is 14.5. The van der Waals surface area contributed by atoms with E-state index in [0.29, 0.717) is 13.0 Å². The van der Waals surface area contributed by atoms with Gasteiger partial charge in [0.05, 0.1) is 12.2 Å². The Labute approximate surface area is 179 Å². The van der Waals surface area contributed by atoms with Crippen molar-refractivity contribution < 1.29 is 14.6 Å². The maximum Gasteiger partial charge on any atom is 0.195 e. The average molecular weight is 418 g/mol. The van der Waals surface area contributed by atoms with Gasteiger partial charge in [0.2, 0.25) is 0 Å². The predicted octanol–water partition coefficient (Wildman–Crippen LogP) is 5.53. The molecule has 0 unspecified atom stereocenters. The highest BCUT2D eigenvalue weighted by Crippen LogP contribution is 2.45. The molecule has 4 aromatic rings. The van der Waals surface area contributed by atoms with Crippen LogP contribution < -0.4 is 4.74 Å². The highest BCUT2D eigenvalue weighted by molar-refractivity contribution is 7.08. The number of thiophene rings is 1. The molecule has 0 amide bonds. The highest BCUT2D eigenvalue weighted by atomic mass is 32.1. The third kappa shape index (κ3) is 2.89. The van der Waals surface area contributed by atoms with Crippen LogP contribution in [-0.2, 0) is 5.41 Å². The number of rotatable bonds is 5. The second-order valence-electron chi connectivity index (χ2n) is 8.23. The second-order valence-corrected chi connectivity index (χ2v) is 9.01. The molecular weight excluding hydrogens is 394 g/mol. The molecule has 1 aliphatic carbocycles. The summed E-state index contributed by atoms with van der Waals surface area (Å²) >= 11 is 1.68. The molecule has 152 valence electrons. The molecule has 2 aromatic carbocycles. The maximum absolute atomic E-state index is 13.5. The first-order valence-corrected chi connectivity index (χ1v) is 11.1. The van der Waals surface area contributed by atoms with E-state index in [1.54, 1.807) is 11.3 Å². The van der Waals surface area contributed by atoms with Crippen LogP contribution in [0.1, 0.15) is 47.4 Å². The number of carbonyl (C=O) groups is 1. The van der Waals surface area contributed by atoms with E-state index >= 15 is 0 Å². The van der Waals surface area contributed by atoms with Crippen molar-refractivity contribution in [3.63, 3.8) is 0 Å². The van der Waals surface area contributed by atoms with Crippen LogP contribution in [0.4, 0.5) is 0 Å². The van der Waals surface area contributed by atoms with Crippen molar-refractivity contribution in [1.82, 2.24) is 4.98 Å². The van der Waals surface area contributed by atoms with E-state index in [2.05, 4.69) is 53.9 Å². The monoisotopic (exact) mass is 417 g/mol. The number of aliphatic hydroxyl groups is 1. The summed E-state index contributed by atoms with van der Waals surface area (Å²) in [5, 5.41) is 14.2. The normalized spacial score (nSPS) is 14.6. The lowest BCUT2D eigenvalue weighted by atomic mass is 9.71. The molecule has 0 bridgehead atoms. The first kappa shape index (κ1) is 19.1. The molecule has 2 heterocycles. The van der Waals surface area contributed by atoms with Crippen molar-refractivity contribution >= 4 is 28.0 Å². The van der Waals surface area contributed by atoms with Crippen LogP contribution in [0, 0.1) is 0 Å². The number of aromatic amines is 1. The van der Waals surface area contributed by atoms with Gasteiger partial charge in [-0.25, -0.2) is 0 Å². The molecular formula is C25H23NO3S. The van der Waals surface area contributed by atoms with E-state index < -0.39 is 0 Å². The van der Waals surface area contributed by atoms with Crippen LogP contribution in [-0.4, -0.2) is 29.1 Å². The zero-order valence-corrected chi connectivity index (χ0v) is 17.8. The molecule has 2 aromatic heterocycles. The van der Waals surface area contributed by atoms with Crippen molar-refractivity contribution in [2.45, 2.75) is 25.7 Å². The number of ketones is 1. The van der Waals surface area contributed by atoms with E-state index in [1.807, 2.05) is 18.2 Å². The largest absolute Gasteiger partial charge is 0.493 e. The van der Waals surface area contributed by atoms with Crippen molar-refractivity contribution in [3.8, 4) is 16.9 Å². The lowest BCUT2D eigenvalue weighted by Gasteiger charge is -2.32. The van der Waals surface area contributed by atoms with Gasteiger partial charge in [0.15, 0.2) is 5.78 Å². The topological polar surface area (TPSA) is 62.3 Å². The van der Waals surface area contributed by atoms with Gasteiger partial charge in [0, 0.05) is 40.6 Å². The van der Waals surface area contributed by atoms with Gasteiger partial charge in [-0.05, 0) is 57.8 Å². The molecule has 5 rings (SSSR count). The van der Waals surface area contributed by atoms with Crippen LogP contribution in [0.15, 0.2) is 53.2 Å². The fourth-order valence-electron chi connectivity index (χ4n) is 4.36. The summed E-state index contributed by atoms with van der Waals surface area (Å²) in [4.78, 5) is 17.0. The van der Waals surface area contributed by atoms with Gasteiger partial charge in [-0.1, -0.05) is 26.0 Å². The summed E-state index contributed by atoms with van der Waals surface area (Å²) in [6.45, 7) is 4.83. The summed E-state index contributed by atoms with van der Waals surface area (Å²) < 4.78 is 5.76. The minimum Gasteiger partial charge on any atom is -0.493 e. The standard InChI is InChI=1S/C25H23NO3S/c1-25(2)20-13-17(29-10-3-9-27)5-7-18(20)23(28)22-19-6-4-15(16-8-11-30-14-16)12-21(19)26-24(22)25/h4-8,11-14,26-27H,3,9-10H2,1-2H3. The summed E-state index contributed by atoms with van der Waals surface area (Å²) in [5.41, 5.74) is 6.36. The zero-order chi connectivity index (χ0) is 20.9. The quantitative estimate of drug-likeness (QED) is 0.420. The maximum atomic E-state index is 13.5. The smallest absolute Gasteiger partial charge is 0.195 e. The van der Waals surface area contributed by atoms with E-state index in [0.717, 1.165) is 44.6 Å². The number of H-pyrrole nitrogens is 1. The molecule has 0 fully saturated rings. The van der Waals surface area contributed by atoms with Gasteiger partial charge in [-0.2, -0.15) is 11.3 Å². The Balaban J connectivity index is 1.62. The molecule has 0 aliphatic heterocycles. The van der Waals surface area contributed by atoms with Gasteiger partial charge >= 0.3 is 0 Å². The number of aromatic nitrogens is 1. The van der Waals surface area contributed by atoms with Crippen LogP contribution in [0.25, 0.3) is 22.0 Å². The van der Waals surface area contributed by atoms with Gasteiger partial charge in [-0.15, -0.1) is 0 Å². The van der Waals surface area contributed by atoms with Crippen LogP contribution >= 0.6 is 11.3 Å². The molecule has 0 saturated carbocycles. The Morgan fingerprint density at radius 2 is 1.97 bits per heavy atom.